The van der Waals surface area contributed by atoms with Gasteiger partial charge < -0.3 is 0 Å². The molecule has 0 atom stereocenters. The summed E-state index contributed by atoms with van der Waals surface area (Å²) in [5, 5.41) is 0. The minimum atomic E-state index is -4.36. The molecule has 0 aliphatic heterocycles. The molecular formula is C26H21F3SSn. The van der Waals surface area contributed by atoms with Gasteiger partial charge in [-0.1, -0.05) is 0 Å². The monoisotopic (exact) mass is 542 g/mol. The third-order valence-corrected chi connectivity index (χ3v) is 25.7. The van der Waals surface area contributed by atoms with Crippen LogP contribution in [0.25, 0.3) is 0 Å². The van der Waals surface area contributed by atoms with Gasteiger partial charge in [0.1, 0.15) is 0 Å². The molecule has 0 aliphatic rings. The first-order chi connectivity index (χ1) is 15.0. The van der Waals surface area contributed by atoms with E-state index >= 15 is 0 Å². The molecule has 4 rings (SSSR count). The predicted octanol–water partition coefficient (Wildman–Crippen LogP) is 5.61. The summed E-state index contributed by atoms with van der Waals surface area (Å²) in [5.41, 5.74) is -0.208. The summed E-state index contributed by atoms with van der Waals surface area (Å²) in [6, 6.07) is 36.9. The number of rotatable bonds is 6. The predicted molar refractivity (Wildman–Crippen MR) is 127 cm³/mol. The van der Waals surface area contributed by atoms with Crippen LogP contribution < -0.4 is 10.7 Å². The minimum absolute atomic E-state index is 0.310. The van der Waals surface area contributed by atoms with E-state index in [-0.39, 0.29) is 0 Å². The number of hydrogen-bond acceptors (Lipinski definition) is 1. The Morgan fingerprint density at radius 2 is 0.935 bits per heavy atom. The molecule has 0 aromatic heterocycles. The zero-order chi connectivity index (χ0) is 21.7. The standard InChI is InChI=1S/C8H7F3S.3C6H5.Sn/c9-8(10,11)7-4-2-1-3-6(7)5-12;3*1-2-4-6-5-3-1;/h1-4,12H,5H2;3*1-5H;/q;;;;+1/p-1. The van der Waals surface area contributed by atoms with Crippen molar-refractivity contribution >= 4 is 36.7 Å². The van der Waals surface area contributed by atoms with Gasteiger partial charge in [-0.05, 0) is 0 Å². The van der Waals surface area contributed by atoms with E-state index in [2.05, 4.69) is 36.4 Å². The van der Waals surface area contributed by atoms with Crippen LogP contribution in [-0.4, -0.2) is 17.0 Å². The van der Waals surface area contributed by atoms with Gasteiger partial charge >= 0.3 is 188 Å². The maximum absolute atomic E-state index is 13.6. The van der Waals surface area contributed by atoms with Crippen LogP contribution >= 0.6 is 8.95 Å². The van der Waals surface area contributed by atoms with Crippen LogP contribution in [0.4, 0.5) is 13.2 Å². The third-order valence-electron chi connectivity index (χ3n) is 5.31. The van der Waals surface area contributed by atoms with Crippen molar-refractivity contribution in [1.29, 1.82) is 0 Å². The summed E-state index contributed by atoms with van der Waals surface area (Å²) in [6.07, 6.45) is -4.36. The fraction of sp³-hybridized carbons (Fsp3) is 0.0769. The van der Waals surface area contributed by atoms with E-state index in [1.165, 1.54) is 22.9 Å². The van der Waals surface area contributed by atoms with Gasteiger partial charge in [0, 0.05) is 0 Å². The van der Waals surface area contributed by atoms with Crippen LogP contribution in [0.1, 0.15) is 11.1 Å². The van der Waals surface area contributed by atoms with Crippen molar-refractivity contribution in [2.75, 3.05) is 0 Å². The molecule has 0 nitrogen and oxygen atoms in total. The van der Waals surface area contributed by atoms with Crippen LogP contribution in [0.5, 0.6) is 0 Å². The van der Waals surface area contributed by atoms with E-state index in [0.29, 0.717) is 11.3 Å². The van der Waals surface area contributed by atoms with Crippen molar-refractivity contribution in [3.05, 3.63) is 126 Å². The van der Waals surface area contributed by atoms with Crippen LogP contribution in [0.2, 0.25) is 0 Å². The van der Waals surface area contributed by atoms with Gasteiger partial charge in [0.2, 0.25) is 0 Å². The van der Waals surface area contributed by atoms with Crippen molar-refractivity contribution in [2.45, 2.75) is 11.9 Å². The zero-order valence-electron chi connectivity index (χ0n) is 16.7. The molecule has 0 saturated heterocycles. The van der Waals surface area contributed by atoms with E-state index in [9.17, 15) is 13.2 Å². The molecule has 0 radical (unpaired) electrons. The van der Waals surface area contributed by atoms with Gasteiger partial charge in [-0.3, -0.25) is 0 Å². The molecule has 0 spiro atoms. The molecule has 4 aromatic rings. The Morgan fingerprint density at radius 3 is 1.35 bits per heavy atom. The van der Waals surface area contributed by atoms with Gasteiger partial charge in [0.05, 0.1) is 0 Å². The number of hydrogen-bond donors (Lipinski definition) is 0. The Morgan fingerprint density at radius 1 is 0.548 bits per heavy atom. The average molecular weight is 541 g/mol. The van der Waals surface area contributed by atoms with Gasteiger partial charge in [-0.2, -0.15) is 0 Å². The Bertz CT molecular complexity index is 1020. The molecule has 0 bridgehead atoms. The summed E-state index contributed by atoms with van der Waals surface area (Å²) < 4.78 is 44.7. The van der Waals surface area contributed by atoms with Gasteiger partial charge in [-0.25, -0.2) is 0 Å². The first-order valence-electron chi connectivity index (χ1n) is 9.97. The molecule has 0 fully saturated rings. The Balaban J connectivity index is 1.88. The van der Waals surface area contributed by atoms with Gasteiger partial charge in [-0.15, -0.1) is 0 Å². The summed E-state index contributed by atoms with van der Waals surface area (Å²) >= 11 is -3.66. The van der Waals surface area contributed by atoms with Crippen molar-refractivity contribution in [3.63, 3.8) is 0 Å². The van der Waals surface area contributed by atoms with Crippen molar-refractivity contribution in [3.8, 4) is 0 Å². The average Bonchev–Trinajstić information content (AvgIpc) is 2.81. The van der Waals surface area contributed by atoms with E-state index < -0.39 is 28.7 Å². The van der Waals surface area contributed by atoms with E-state index in [1.807, 2.05) is 54.6 Å². The summed E-state index contributed by atoms with van der Waals surface area (Å²) in [4.78, 5) is 0. The molecule has 31 heavy (non-hydrogen) atoms. The summed E-state index contributed by atoms with van der Waals surface area (Å²) in [6.45, 7) is 0. The second-order valence-electron chi connectivity index (χ2n) is 7.22. The second kappa shape index (κ2) is 9.53. The first-order valence-corrected chi connectivity index (χ1v) is 18.7. The Kier molecular flexibility index (Phi) is 6.77. The molecule has 0 saturated carbocycles. The van der Waals surface area contributed by atoms with Crippen LogP contribution in [0.3, 0.4) is 0 Å². The fourth-order valence-corrected chi connectivity index (χ4v) is 23.7. The summed E-state index contributed by atoms with van der Waals surface area (Å²) in [5.74, 6) is 0.310. The molecule has 5 heteroatoms. The molecule has 0 aliphatic carbocycles. The Hall–Kier alpha value is -2.18. The van der Waals surface area contributed by atoms with E-state index in [1.54, 1.807) is 21.1 Å². The van der Waals surface area contributed by atoms with Crippen LogP contribution in [0, 0.1) is 0 Å². The SMILES string of the molecule is FC(F)(F)c1ccccc1C[S][Sn]([c]1ccccc1)([c]1ccccc1)[c]1ccccc1. The van der Waals surface area contributed by atoms with Crippen molar-refractivity contribution in [1.82, 2.24) is 0 Å². The maximum atomic E-state index is 13.6. The third kappa shape index (κ3) is 4.70. The number of halogens is 3. The normalized spacial score (nSPS) is 12.0. The van der Waals surface area contributed by atoms with E-state index in [0.717, 1.165) is 0 Å². The molecule has 4 aromatic carbocycles. The van der Waals surface area contributed by atoms with E-state index in [4.69, 9.17) is 0 Å². The molecule has 0 heterocycles. The summed E-state index contributed by atoms with van der Waals surface area (Å²) in [7, 11) is 1.72. The zero-order valence-corrected chi connectivity index (χ0v) is 20.4. The van der Waals surface area contributed by atoms with Crippen molar-refractivity contribution < 1.29 is 13.2 Å². The second-order valence-corrected chi connectivity index (χ2v) is 23.2. The van der Waals surface area contributed by atoms with Crippen LogP contribution in [0.15, 0.2) is 115 Å². The fourth-order valence-electron chi connectivity index (χ4n) is 3.88. The number of alkyl halides is 3. The number of benzene rings is 4. The van der Waals surface area contributed by atoms with Gasteiger partial charge in [0.25, 0.3) is 0 Å². The van der Waals surface area contributed by atoms with Crippen LogP contribution in [-0.2, 0) is 11.9 Å². The Labute approximate surface area is 187 Å². The topological polar surface area (TPSA) is 0 Å². The first kappa shape index (κ1) is 22.0. The molecule has 0 unspecified atom stereocenters. The molecule has 0 N–H and O–H groups in total. The van der Waals surface area contributed by atoms with Gasteiger partial charge in [0.15, 0.2) is 0 Å². The molecule has 156 valence electrons. The molecular weight excluding hydrogens is 520 g/mol. The van der Waals surface area contributed by atoms with Crippen molar-refractivity contribution in [2.24, 2.45) is 0 Å². The molecule has 0 amide bonds. The quantitative estimate of drug-likeness (QED) is 0.287.